The van der Waals surface area contributed by atoms with E-state index in [1.165, 1.54) is 48.7 Å². The van der Waals surface area contributed by atoms with Crippen LogP contribution in [0.3, 0.4) is 0 Å². The maximum absolute atomic E-state index is 13.3. The van der Waals surface area contributed by atoms with Crippen molar-refractivity contribution in [3.63, 3.8) is 0 Å². The predicted octanol–water partition coefficient (Wildman–Crippen LogP) is 1.88. The summed E-state index contributed by atoms with van der Waals surface area (Å²) in [5.41, 5.74) is 1.84. The van der Waals surface area contributed by atoms with Gasteiger partial charge in [-0.25, -0.2) is 17.9 Å². The van der Waals surface area contributed by atoms with Crippen LogP contribution in [0.5, 0.6) is 0 Å². The number of nitrogens with two attached hydrogens (primary N) is 1. The Labute approximate surface area is 131 Å². The van der Waals surface area contributed by atoms with Gasteiger partial charge in [-0.3, -0.25) is 4.79 Å². The summed E-state index contributed by atoms with van der Waals surface area (Å²) in [4.78, 5) is 11.9. The van der Waals surface area contributed by atoms with E-state index in [9.17, 15) is 17.6 Å². The molecule has 1 aliphatic heterocycles. The summed E-state index contributed by atoms with van der Waals surface area (Å²) in [6.45, 7) is 0. The zero-order chi connectivity index (χ0) is 16.6. The molecule has 0 saturated carbocycles. The molecule has 8 heteroatoms. The van der Waals surface area contributed by atoms with Crippen molar-refractivity contribution in [2.24, 2.45) is 5.14 Å². The normalized spacial score (nSPS) is 15.4. The van der Waals surface area contributed by atoms with E-state index in [1.54, 1.807) is 0 Å². The minimum absolute atomic E-state index is 0.0123. The topological polar surface area (TPSA) is 101 Å². The lowest BCUT2D eigenvalue weighted by Gasteiger charge is -2.04. The van der Waals surface area contributed by atoms with Crippen molar-refractivity contribution in [1.82, 2.24) is 0 Å². The standard InChI is InChI=1S/C15H12FN3O3S/c16-9-1-6-14-12(7-9)13(15(20)19-14)8-18-10-2-4-11(5-3-10)23(17,21)22/h1-8,18H,(H,19,20)(H2,17,21,22)/b13-8-. The number of carbonyl (C=O) groups excluding carboxylic acids is 1. The van der Waals surface area contributed by atoms with Gasteiger partial charge in [-0.2, -0.15) is 0 Å². The molecule has 118 valence electrons. The first-order valence-electron chi connectivity index (χ1n) is 6.55. The fourth-order valence-electron chi connectivity index (χ4n) is 2.20. The Morgan fingerprint density at radius 2 is 1.83 bits per heavy atom. The predicted molar refractivity (Wildman–Crippen MR) is 84.4 cm³/mol. The molecule has 4 N–H and O–H groups in total. The SMILES string of the molecule is NS(=O)(=O)c1ccc(N/C=C2\C(=O)Nc3ccc(F)cc32)cc1. The monoisotopic (exact) mass is 333 g/mol. The molecule has 1 heterocycles. The van der Waals surface area contributed by atoms with Gasteiger partial charge >= 0.3 is 0 Å². The second-order valence-corrected chi connectivity index (χ2v) is 6.48. The van der Waals surface area contributed by atoms with E-state index < -0.39 is 15.8 Å². The Kier molecular flexibility index (Phi) is 3.63. The van der Waals surface area contributed by atoms with Gasteiger partial charge in [0, 0.05) is 23.1 Å². The largest absolute Gasteiger partial charge is 0.361 e. The number of halogens is 1. The van der Waals surface area contributed by atoms with Crippen LogP contribution in [0.4, 0.5) is 15.8 Å². The Morgan fingerprint density at radius 1 is 1.13 bits per heavy atom. The first-order valence-corrected chi connectivity index (χ1v) is 8.10. The quantitative estimate of drug-likeness (QED) is 0.746. The molecule has 0 fully saturated rings. The average Bonchev–Trinajstić information content (AvgIpc) is 2.79. The van der Waals surface area contributed by atoms with Crippen molar-refractivity contribution >= 4 is 32.9 Å². The van der Waals surface area contributed by atoms with Gasteiger partial charge in [0.05, 0.1) is 10.5 Å². The number of primary sulfonamides is 1. The first kappa shape index (κ1) is 15.2. The van der Waals surface area contributed by atoms with Crippen LogP contribution < -0.4 is 15.8 Å². The Morgan fingerprint density at radius 3 is 2.48 bits per heavy atom. The second kappa shape index (κ2) is 5.49. The number of nitrogens with one attached hydrogen (secondary N) is 2. The maximum atomic E-state index is 13.3. The van der Waals surface area contributed by atoms with E-state index in [1.807, 2.05) is 0 Å². The van der Waals surface area contributed by atoms with Crippen molar-refractivity contribution in [2.75, 3.05) is 10.6 Å². The molecule has 0 saturated heterocycles. The molecule has 3 rings (SSSR count). The van der Waals surface area contributed by atoms with Gasteiger partial charge in [0.25, 0.3) is 5.91 Å². The fourth-order valence-corrected chi connectivity index (χ4v) is 2.72. The van der Waals surface area contributed by atoms with Crippen molar-refractivity contribution < 1.29 is 17.6 Å². The highest BCUT2D eigenvalue weighted by Gasteiger charge is 2.24. The minimum Gasteiger partial charge on any atom is -0.361 e. The lowest BCUT2D eigenvalue weighted by molar-refractivity contribution is -0.110. The summed E-state index contributed by atoms with van der Waals surface area (Å²) < 4.78 is 35.7. The third-order valence-electron chi connectivity index (χ3n) is 3.33. The van der Waals surface area contributed by atoms with Gasteiger partial charge in [-0.05, 0) is 42.5 Å². The Bertz CT molecular complexity index is 921. The number of benzene rings is 2. The van der Waals surface area contributed by atoms with E-state index in [4.69, 9.17) is 5.14 Å². The molecule has 1 amide bonds. The minimum atomic E-state index is -3.75. The van der Waals surface area contributed by atoms with Crippen LogP contribution in [0.15, 0.2) is 53.6 Å². The summed E-state index contributed by atoms with van der Waals surface area (Å²) in [6.07, 6.45) is 1.44. The second-order valence-electron chi connectivity index (χ2n) is 4.92. The molecule has 0 bridgehead atoms. The van der Waals surface area contributed by atoms with Gasteiger partial charge in [-0.15, -0.1) is 0 Å². The molecule has 2 aromatic rings. The molecule has 23 heavy (non-hydrogen) atoms. The molecule has 0 aromatic heterocycles. The molecular weight excluding hydrogens is 321 g/mol. The highest BCUT2D eigenvalue weighted by molar-refractivity contribution is 7.89. The van der Waals surface area contributed by atoms with Gasteiger partial charge in [0.1, 0.15) is 5.82 Å². The number of sulfonamides is 1. The molecule has 0 spiro atoms. The number of anilines is 2. The fraction of sp³-hybridized carbons (Fsp3) is 0. The van der Waals surface area contributed by atoms with E-state index in [-0.39, 0.29) is 16.4 Å². The molecule has 6 nitrogen and oxygen atoms in total. The molecule has 0 unspecified atom stereocenters. The third-order valence-corrected chi connectivity index (χ3v) is 4.26. The van der Waals surface area contributed by atoms with E-state index >= 15 is 0 Å². The summed E-state index contributed by atoms with van der Waals surface area (Å²) >= 11 is 0. The summed E-state index contributed by atoms with van der Waals surface area (Å²) in [5, 5.41) is 10.5. The van der Waals surface area contributed by atoms with Crippen LogP contribution in [0.25, 0.3) is 5.57 Å². The number of hydrogen-bond donors (Lipinski definition) is 3. The maximum Gasteiger partial charge on any atom is 0.257 e. The number of carbonyl (C=O) groups is 1. The summed E-state index contributed by atoms with van der Waals surface area (Å²) in [6, 6.07) is 9.74. The van der Waals surface area contributed by atoms with E-state index in [2.05, 4.69) is 10.6 Å². The van der Waals surface area contributed by atoms with Crippen molar-refractivity contribution in [1.29, 1.82) is 0 Å². The third kappa shape index (κ3) is 3.08. The Hall–Kier alpha value is -2.71. The van der Waals surface area contributed by atoms with Crippen molar-refractivity contribution in [3.05, 3.63) is 60.0 Å². The molecule has 2 aromatic carbocycles. The summed E-state index contributed by atoms with van der Waals surface area (Å²) in [5.74, 6) is -0.789. The number of amides is 1. The van der Waals surface area contributed by atoms with Gasteiger partial charge in [0.2, 0.25) is 10.0 Å². The number of hydrogen-bond acceptors (Lipinski definition) is 4. The van der Waals surface area contributed by atoms with Crippen LogP contribution in [0.2, 0.25) is 0 Å². The van der Waals surface area contributed by atoms with Gasteiger partial charge < -0.3 is 10.6 Å². The van der Waals surface area contributed by atoms with Crippen LogP contribution in [-0.2, 0) is 14.8 Å². The summed E-state index contributed by atoms with van der Waals surface area (Å²) in [7, 11) is -3.75. The first-order chi connectivity index (χ1) is 10.8. The highest BCUT2D eigenvalue weighted by Crippen LogP contribution is 2.32. The smallest absolute Gasteiger partial charge is 0.257 e. The van der Waals surface area contributed by atoms with Crippen LogP contribution in [0, 0.1) is 5.82 Å². The molecule has 1 aliphatic rings. The number of rotatable bonds is 3. The average molecular weight is 333 g/mol. The highest BCUT2D eigenvalue weighted by atomic mass is 32.2. The molecule has 0 atom stereocenters. The van der Waals surface area contributed by atoms with Crippen LogP contribution >= 0.6 is 0 Å². The van der Waals surface area contributed by atoms with E-state index in [0.717, 1.165) is 0 Å². The molecule has 0 radical (unpaired) electrons. The van der Waals surface area contributed by atoms with Crippen LogP contribution in [0.1, 0.15) is 5.56 Å². The van der Waals surface area contributed by atoms with Crippen molar-refractivity contribution in [3.8, 4) is 0 Å². The lowest BCUT2D eigenvalue weighted by Crippen LogP contribution is -2.11. The Balaban J connectivity index is 1.86. The van der Waals surface area contributed by atoms with Crippen LogP contribution in [-0.4, -0.2) is 14.3 Å². The zero-order valence-corrected chi connectivity index (χ0v) is 12.5. The molecule has 0 aliphatic carbocycles. The van der Waals surface area contributed by atoms with Crippen molar-refractivity contribution in [2.45, 2.75) is 4.90 Å². The number of fused-ring (bicyclic) bond motifs is 1. The van der Waals surface area contributed by atoms with E-state index in [0.29, 0.717) is 16.9 Å². The van der Waals surface area contributed by atoms with Gasteiger partial charge in [0.15, 0.2) is 0 Å². The lowest BCUT2D eigenvalue weighted by atomic mass is 10.1. The van der Waals surface area contributed by atoms with Gasteiger partial charge in [-0.1, -0.05) is 0 Å². The zero-order valence-electron chi connectivity index (χ0n) is 11.7. The molecular formula is C15H12FN3O3S.